The second kappa shape index (κ2) is 7.69. The van der Waals surface area contributed by atoms with Gasteiger partial charge < -0.3 is 15.4 Å². The van der Waals surface area contributed by atoms with Crippen LogP contribution >= 0.6 is 0 Å². The molecule has 148 valence electrons. The van der Waals surface area contributed by atoms with Crippen molar-refractivity contribution in [2.75, 3.05) is 5.73 Å². The van der Waals surface area contributed by atoms with Crippen molar-refractivity contribution in [3.8, 4) is 23.3 Å². The number of aromatic nitrogens is 1. The third-order valence-electron chi connectivity index (χ3n) is 4.97. The standard InChI is InChI=1S/C26H17N3O2/c27-21-7-3-4-17(12-21)8-9-18-10-11-22-23(29-30)15-26(31-25(22)13-18)24-14-19-5-1-2-6-20(19)16-28-24/h1-7,10-16,30H,27H2/b29-23-. The molecule has 0 amide bonds. The van der Waals surface area contributed by atoms with Crippen molar-refractivity contribution in [3.63, 3.8) is 0 Å². The highest BCUT2D eigenvalue weighted by atomic mass is 16.4. The van der Waals surface area contributed by atoms with Gasteiger partial charge in [-0.15, -0.1) is 0 Å². The van der Waals surface area contributed by atoms with Gasteiger partial charge in [0.05, 0.1) is 0 Å². The van der Waals surface area contributed by atoms with E-state index in [-0.39, 0.29) is 0 Å². The Morgan fingerprint density at radius 3 is 2.45 bits per heavy atom. The van der Waals surface area contributed by atoms with Gasteiger partial charge in [0.1, 0.15) is 16.6 Å². The molecule has 0 bridgehead atoms. The number of nitrogens with zero attached hydrogens (tertiary/aromatic N) is 2. The molecule has 5 aromatic rings. The van der Waals surface area contributed by atoms with Gasteiger partial charge in [0.25, 0.3) is 0 Å². The second-order valence-corrected chi connectivity index (χ2v) is 7.10. The fourth-order valence-corrected chi connectivity index (χ4v) is 3.43. The molecule has 2 heterocycles. The normalized spacial score (nSPS) is 11.4. The van der Waals surface area contributed by atoms with E-state index in [9.17, 15) is 5.21 Å². The van der Waals surface area contributed by atoms with Gasteiger partial charge in [-0.3, -0.25) is 4.98 Å². The molecule has 0 unspecified atom stereocenters. The average Bonchev–Trinajstić information content (AvgIpc) is 2.81. The molecule has 0 fully saturated rings. The molecule has 0 atom stereocenters. The van der Waals surface area contributed by atoms with E-state index in [1.54, 1.807) is 12.3 Å². The molecular weight excluding hydrogens is 386 g/mol. The minimum atomic E-state index is 0.404. The van der Waals surface area contributed by atoms with Crippen molar-refractivity contribution in [2.45, 2.75) is 0 Å². The Labute approximate surface area is 178 Å². The van der Waals surface area contributed by atoms with Crippen LogP contribution in [0.2, 0.25) is 0 Å². The van der Waals surface area contributed by atoms with Gasteiger partial charge in [0, 0.05) is 39.8 Å². The van der Waals surface area contributed by atoms with Gasteiger partial charge in [-0.05, 0) is 47.9 Å². The Hall–Kier alpha value is -4.56. The molecule has 5 rings (SSSR count). The smallest absolute Gasteiger partial charge is 0.155 e. The summed E-state index contributed by atoms with van der Waals surface area (Å²) in [6.07, 6.45) is 1.80. The molecule has 2 aromatic heterocycles. The molecule has 5 nitrogen and oxygen atoms in total. The van der Waals surface area contributed by atoms with E-state index in [1.807, 2.05) is 72.8 Å². The summed E-state index contributed by atoms with van der Waals surface area (Å²) < 4.78 is 6.13. The van der Waals surface area contributed by atoms with Crippen LogP contribution in [0.1, 0.15) is 11.1 Å². The first kappa shape index (κ1) is 18.5. The molecule has 5 heteroatoms. The zero-order valence-corrected chi connectivity index (χ0v) is 16.4. The number of benzene rings is 3. The fraction of sp³-hybridized carbons (Fsp3) is 0. The fourth-order valence-electron chi connectivity index (χ4n) is 3.43. The Morgan fingerprint density at radius 1 is 0.839 bits per heavy atom. The summed E-state index contributed by atoms with van der Waals surface area (Å²) in [7, 11) is 0. The largest absolute Gasteiger partial charge is 0.454 e. The van der Waals surface area contributed by atoms with E-state index in [2.05, 4.69) is 22.0 Å². The topological polar surface area (TPSA) is 84.6 Å². The predicted octanol–water partition coefficient (Wildman–Crippen LogP) is 4.92. The number of fused-ring (bicyclic) bond motifs is 2. The van der Waals surface area contributed by atoms with Crippen LogP contribution in [0.3, 0.4) is 0 Å². The Morgan fingerprint density at radius 2 is 1.65 bits per heavy atom. The van der Waals surface area contributed by atoms with Crippen LogP contribution < -0.4 is 11.1 Å². The number of nitrogens with two attached hydrogens (primary N) is 1. The van der Waals surface area contributed by atoms with Gasteiger partial charge in [-0.1, -0.05) is 47.3 Å². The molecule has 0 radical (unpaired) electrons. The van der Waals surface area contributed by atoms with Gasteiger partial charge in [0.15, 0.2) is 5.76 Å². The van der Waals surface area contributed by atoms with Crippen LogP contribution in [-0.2, 0) is 0 Å². The molecule has 0 spiro atoms. The van der Waals surface area contributed by atoms with Gasteiger partial charge in [-0.2, -0.15) is 0 Å². The molecule has 0 aliphatic rings. The van der Waals surface area contributed by atoms with Crippen LogP contribution in [0.25, 0.3) is 33.2 Å². The lowest BCUT2D eigenvalue weighted by Crippen LogP contribution is -2.04. The van der Waals surface area contributed by atoms with Crippen molar-refractivity contribution >= 4 is 27.4 Å². The lowest BCUT2D eigenvalue weighted by molar-refractivity contribution is 0.302. The Bertz CT molecular complexity index is 1570. The van der Waals surface area contributed by atoms with Crippen LogP contribution in [0, 0.1) is 11.8 Å². The zero-order valence-electron chi connectivity index (χ0n) is 16.4. The van der Waals surface area contributed by atoms with Gasteiger partial charge in [0.2, 0.25) is 0 Å². The van der Waals surface area contributed by atoms with Gasteiger partial charge >= 0.3 is 0 Å². The summed E-state index contributed by atoms with van der Waals surface area (Å²) in [5.41, 5.74) is 9.30. The summed E-state index contributed by atoms with van der Waals surface area (Å²) in [5, 5.41) is 16.2. The van der Waals surface area contributed by atoms with Crippen LogP contribution in [-0.4, -0.2) is 10.2 Å². The SMILES string of the molecule is Nc1cccc(C#Cc2ccc3/c(=N\O)cc(-c4cc5ccccc5cn4)oc3c2)c1. The summed E-state index contributed by atoms with van der Waals surface area (Å²) in [4.78, 5) is 4.51. The minimum absolute atomic E-state index is 0.404. The van der Waals surface area contributed by atoms with E-state index >= 15 is 0 Å². The van der Waals surface area contributed by atoms with Crippen molar-refractivity contribution in [2.24, 2.45) is 5.16 Å². The van der Waals surface area contributed by atoms with Crippen molar-refractivity contribution < 1.29 is 9.62 Å². The Balaban J connectivity index is 1.62. The van der Waals surface area contributed by atoms with Crippen LogP contribution in [0.4, 0.5) is 5.69 Å². The van der Waals surface area contributed by atoms with E-state index in [1.165, 1.54) is 0 Å². The molecule has 0 aliphatic carbocycles. The van der Waals surface area contributed by atoms with Crippen molar-refractivity contribution in [1.29, 1.82) is 0 Å². The van der Waals surface area contributed by atoms with E-state index < -0.39 is 0 Å². The molecule has 31 heavy (non-hydrogen) atoms. The highest BCUT2D eigenvalue weighted by molar-refractivity contribution is 5.85. The number of pyridine rings is 1. The highest BCUT2D eigenvalue weighted by Crippen LogP contribution is 2.24. The number of anilines is 1. The lowest BCUT2D eigenvalue weighted by Gasteiger charge is -2.05. The third kappa shape index (κ3) is 3.70. The first-order chi connectivity index (χ1) is 15.2. The van der Waals surface area contributed by atoms with Crippen molar-refractivity contribution in [3.05, 3.63) is 102 Å². The predicted molar refractivity (Wildman–Crippen MR) is 121 cm³/mol. The van der Waals surface area contributed by atoms with E-state index in [4.69, 9.17) is 10.2 Å². The average molecular weight is 403 g/mol. The summed E-state index contributed by atoms with van der Waals surface area (Å²) in [5.74, 6) is 6.74. The number of nitrogen functional groups attached to an aromatic ring is 1. The molecule has 3 N–H and O–H groups in total. The van der Waals surface area contributed by atoms with Crippen molar-refractivity contribution in [1.82, 2.24) is 4.98 Å². The molecule has 3 aromatic carbocycles. The first-order valence-electron chi connectivity index (χ1n) is 9.68. The first-order valence-corrected chi connectivity index (χ1v) is 9.68. The lowest BCUT2D eigenvalue weighted by atomic mass is 10.1. The quantitative estimate of drug-likeness (QED) is 0.180. The second-order valence-electron chi connectivity index (χ2n) is 7.10. The maximum Gasteiger partial charge on any atom is 0.155 e. The molecule has 0 saturated heterocycles. The van der Waals surface area contributed by atoms with E-state index in [0.29, 0.717) is 33.5 Å². The van der Waals surface area contributed by atoms with Crippen LogP contribution in [0.15, 0.2) is 94.6 Å². The minimum Gasteiger partial charge on any atom is -0.454 e. The molecule has 0 aliphatic heterocycles. The van der Waals surface area contributed by atoms with Crippen LogP contribution in [0.5, 0.6) is 0 Å². The van der Waals surface area contributed by atoms with Gasteiger partial charge in [-0.25, -0.2) is 0 Å². The number of hydrogen-bond donors (Lipinski definition) is 2. The molecular formula is C26H17N3O2. The summed E-state index contributed by atoms with van der Waals surface area (Å²) in [6.45, 7) is 0. The number of hydrogen-bond acceptors (Lipinski definition) is 5. The van der Waals surface area contributed by atoms with E-state index in [0.717, 1.165) is 21.9 Å². The summed E-state index contributed by atoms with van der Waals surface area (Å²) >= 11 is 0. The summed E-state index contributed by atoms with van der Waals surface area (Å²) in [6, 6.07) is 24.5. The highest BCUT2D eigenvalue weighted by Gasteiger charge is 2.09. The third-order valence-corrected chi connectivity index (χ3v) is 4.97. The zero-order chi connectivity index (χ0) is 21.2. The molecule has 0 saturated carbocycles. The maximum absolute atomic E-state index is 9.55. The number of rotatable bonds is 1. The Kier molecular flexibility index (Phi) is 4.58. The maximum atomic E-state index is 9.55. The monoisotopic (exact) mass is 403 g/mol.